The van der Waals surface area contributed by atoms with E-state index in [1.54, 1.807) is 30.7 Å². The molecular formula is C16H22N4O2S. The third-order valence-electron chi connectivity index (χ3n) is 3.28. The van der Waals surface area contributed by atoms with Gasteiger partial charge in [0, 0.05) is 24.4 Å². The molecule has 0 aromatic carbocycles. The van der Waals surface area contributed by atoms with E-state index in [0.29, 0.717) is 18.4 Å². The Labute approximate surface area is 140 Å². The summed E-state index contributed by atoms with van der Waals surface area (Å²) in [5.41, 5.74) is 0. The van der Waals surface area contributed by atoms with E-state index in [0.717, 1.165) is 12.3 Å². The molecule has 0 spiro atoms. The summed E-state index contributed by atoms with van der Waals surface area (Å²) in [5, 5.41) is 11.1. The van der Waals surface area contributed by atoms with E-state index in [4.69, 9.17) is 4.42 Å². The van der Waals surface area contributed by atoms with Crippen LogP contribution in [0.4, 0.5) is 0 Å². The predicted molar refractivity (Wildman–Crippen MR) is 92.7 cm³/mol. The summed E-state index contributed by atoms with van der Waals surface area (Å²) >= 11 is 1.74. The first-order valence-electron chi connectivity index (χ1n) is 7.46. The number of carbonyl (C=O) groups is 1. The molecule has 1 amide bonds. The van der Waals surface area contributed by atoms with E-state index in [-0.39, 0.29) is 12.5 Å². The van der Waals surface area contributed by atoms with Gasteiger partial charge in [-0.1, -0.05) is 13.0 Å². The van der Waals surface area contributed by atoms with Crippen molar-refractivity contribution in [2.45, 2.75) is 19.4 Å². The van der Waals surface area contributed by atoms with Crippen molar-refractivity contribution in [1.82, 2.24) is 16.0 Å². The summed E-state index contributed by atoms with van der Waals surface area (Å²) < 4.78 is 5.16. The first kappa shape index (κ1) is 17.1. The molecule has 0 saturated heterocycles. The largest absolute Gasteiger partial charge is 0.467 e. The molecule has 0 fully saturated rings. The van der Waals surface area contributed by atoms with E-state index in [2.05, 4.69) is 39.3 Å². The van der Waals surface area contributed by atoms with Crippen molar-refractivity contribution in [3.05, 3.63) is 46.5 Å². The molecule has 3 N–H and O–H groups in total. The minimum atomic E-state index is -0.115. The van der Waals surface area contributed by atoms with Gasteiger partial charge in [-0.15, -0.1) is 11.3 Å². The Hall–Kier alpha value is -2.28. The van der Waals surface area contributed by atoms with Crippen molar-refractivity contribution in [2.75, 3.05) is 20.1 Å². The quantitative estimate of drug-likeness (QED) is 0.534. The summed E-state index contributed by atoms with van der Waals surface area (Å²) in [5.74, 6) is 1.61. The molecule has 1 unspecified atom stereocenters. The fourth-order valence-corrected chi connectivity index (χ4v) is 2.76. The van der Waals surface area contributed by atoms with Crippen molar-refractivity contribution in [3.63, 3.8) is 0 Å². The second kappa shape index (κ2) is 8.99. The molecule has 6 nitrogen and oxygen atoms in total. The van der Waals surface area contributed by atoms with Crippen molar-refractivity contribution >= 4 is 23.2 Å². The molecule has 2 rings (SSSR count). The van der Waals surface area contributed by atoms with Crippen LogP contribution in [0, 0.1) is 0 Å². The third-order valence-corrected chi connectivity index (χ3v) is 4.39. The van der Waals surface area contributed by atoms with E-state index in [1.165, 1.54) is 4.88 Å². The number of nitrogens with zero attached hydrogens (tertiary/aromatic N) is 1. The highest BCUT2D eigenvalue weighted by atomic mass is 32.1. The van der Waals surface area contributed by atoms with E-state index in [9.17, 15) is 4.79 Å². The van der Waals surface area contributed by atoms with Gasteiger partial charge in [0.25, 0.3) is 0 Å². The average molecular weight is 334 g/mol. The normalized spacial score (nSPS) is 12.7. The summed E-state index contributed by atoms with van der Waals surface area (Å²) in [4.78, 5) is 17.2. The zero-order valence-corrected chi connectivity index (χ0v) is 14.2. The number of rotatable bonds is 7. The Morgan fingerprint density at radius 1 is 1.30 bits per heavy atom. The standard InChI is InChI=1S/C16H22N4O2S/c1-12(14-6-4-8-23-14)9-19-16(17-2)20-11-15(21)18-10-13-5-3-7-22-13/h3-8,12H,9-11H2,1-2H3,(H,18,21)(H2,17,19,20). The van der Waals surface area contributed by atoms with Crippen molar-refractivity contribution in [1.29, 1.82) is 0 Å². The minimum absolute atomic E-state index is 0.115. The number of nitrogens with one attached hydrogen (secondary N) is 3. The van der Waals surface area contributed by atoms with Crippen LogP contribution < -0.4 is 16.0 Å². The maximum atomic E-state index is 11.8. The second-order valence-electron chi connectivity index (χ2n) is 5.08. The highest BCUT2D eigenvalue weighted by Gasteiger charge is 2.08. The molecule has 0 saturated carbocycles. The van der Waals surface area contributed by atoms with Crippen LogP contribution in [0.15, 0.2) is 45.3 Å². The third kappa shape index (κ3) is 5.78. The monoisotopic (exact) mass is 334 g/mol. The average Bonchev–Trinajstić information content (AvgIpc) is 3.26. The van der Waals surface area contributed by atoms with E-state index < -0.39 is 0 Å². The zero-order chi connectivity index (χ0) is 16.5. The number of aliphatic imine (C=N–C) groups is 1. The zero-order valence-electron chi connectivity index (χ0n) is 13.3. The van der Waals surface area contributed by atoms with Gasteiger partial charge in [0.2, 0.25) is 5.91 Å². The van der Waals surface area contributed by atoms with Crippen LogP contribution in [0.3, 0.4) is 0 Å². The summed E-state index contributed by atoms with van der Waals surface area (Å²) in [6, 6.07) is 7.78. The van der Waals surface area contributed by atoms with Gasteiger partial charge >= 0.3 is 0 Å². The molecular weight excluding hydrogens is 312 g/mol. The SMILES string of the molecule is CN=C(NCC(=O)NCc1ccco1)NCC(C)c1cccs1. The number of amides is 1. The summed E-state index contributed by atoms with van der Waals surface area (Å²) in [7, 11) is 1.69. The number of carbonyl (C=O) groups excluding carboxylic acids is 1. The van der Waals surface area contributed by atoms with Crippen LogP contribution in [-0.4, -0.2) is 32.0 Å². The van der Waals surface area contributed by atoms with Crippen LogP contribution in [-0.2, 0) is 11.3 Å². The lowest BCUT2D eigenvalue weighted by Gasteiger charge is -2.15. The molecule has 23 heavy (non-hydrogen) atoms. The molecule has 0 aliphatic rings. The first-order valence-corrected chi connectivity index (χ1v) is 8.34. The Kier molecular flexibility index (Phi) is 6.68. The molecule has 2 heterocycles. The molecule has 0 aliphatic heterocycles. The van der Waals surface area contributed by atoms with Gasteiger partial charge in [0.15, 0.2) is 5.96 Å². The highest BCUT2D eigenvalue weighted by molar-refractivity contribution is 7.10. The predicted octanol–water partition coefficient (Wildman–Crippen LogP) is 1.93. The Balaban J connectivity index is 1.67. The minimum Gasteiger partial charge on any atom is -0.467 e. The van der Waals surface area contributed by atoms with Crippen molar-refractivity contribution in [3.8, 4) is 0 Å². The Morgan fingerprint density at radius 2 is 2.17 bits per heavy atom. The van der Waals surface area contributed by atoms with E-state index in [1.807, 2.05) is 12.1 Å². The lowest BCUT2D eigenvalue weighted by molar-refractivity contribution is -0.120. The van der Waals surface area contributed by atoms with Crippen LogP contribution in [0.2, 0.25) is 0 Å². The van der Waals surface area contributed by atoms with Crippen LogP contribution in [0.25, 0.3) is 0 Å². The number of hydrogen-bond acceptors (Lipinski definition) is 4. The molecule has 7 heteroatoms. The summed E-state index contributed by atoms with van der Waals surface area (Å²) in [6.07, 6.45) is 1.58. The van der Waals surface area contributed by atoms with Crippen LogP contribution in [0.5, 0.6) is 0 Å². The van der Waals surface area contributed by atoms with Gasteiger partial charge in [0.1, 0.15) is 5.76 Å². The van der Waals surface area contributed by atoms with Gasteiger partial charge in [-0.2, -0.15) is 0 Å². The second-order valence-corrected chi connectivity index (χ2v) is 6.06. The number of hydrogen-bond donors (Lipinski definition) is 3. The number of furan rings is 1. The van der Waals surface area contributed by atoms with Gasteiger partial charge in [-0.3, -0.25) is 9.79 Å². The fraction of sp³-hybridized carbons (Fsp3) is 0.375. The lowest BCUT2D eigenvalue weighted by Crippen LogP contribution is -2.43. The van der Waals surface area contributed by atoms with Crippen LogP contribution >= 0.6 is 11.3 Å². The number of guanidine groups is 1. The van der Waals surface area contributed by atoms with Gasteiger partial charge in [0.05, 0.1) is 19.4 Å². The molecule has 124 valence electrons. The highest BCUT2D eigenvalue weighted by Crippen LogP contribution is 2.19. The molecule has 2 aromatic rings. The van der Waals surface area contributed by atoms with Crippen LogP contribution in [0.1, 0.15) is 23.5 Å². The number of thiophene rings is 1. The molecule has 0 aliphatic carbocycles. The molecule has 1 atom stereocenters. The lowest BCUT2D eigenvalue weighted by atomic mass is 10.1. The van der Waals surface area contributed by atoms with Gasteiger partial charge in [-0.05, 0) is 23.6 Å². The smallest absolute Gasteiger partial charge is 0.239 e. The van der Waals surface area contributed by atoms with Crippen molar-refractivity contribution < 1.29 is 9.21 Å². The van der Waals surface area contributed by atoms with Gasteiger partial charge in [-0.25, -0.2) is 0 Å². The topological polar surface area (TPSA) is 78.7 Å². The van der Waals surface area contributed by atoms with Crippen molar-refractivity contribution in [2.24, 2.45) is 4.99 Å². The maximum absolute atomic E-state index is 11.8. The molecule has 0 radical (unpaired) electrons. The molecule has 2 aromatic heterocycles. The first-order chi connectivity index (χ1) is 11.2. The summed E-state index contributed by atoms with van der Waals surface area (Å²) in [6.45, 7) is 3.46. The Morgan fingerprint density at radius 3 is 2.83 bits per heavy atom. The Bertz CT molecular complexity index is 608. The van der Waals surface area contributed by atoms with E-state index >= 15 is 0 Å². The maximum Gasteiger partial charge on any atom is 0.239 e. The van der Waals surface area contributed by atoms with Gasteiger partial charge < -0.3 is 20.4 Å². The molecule has 0 bridgehead atoms. The fourth-order valence-electron chi connectivity index (χ4n) is 1.97.